The van der Waals surface area contributed by atoms with Crippen LogP contribution in [0.4, 0.5) is 5.69 Å². The van der Waals surface area contributed by atoms with Crippen LogP contribution in [0.1, 0.15) is 18.5 Å². The van der Waals surface area contributed by atoms with Crippen molar-refractivity contribution in [3.63, 3.8) is 0 Å². The van der Waals surface area contributed by atoms with E-state index in [4.69, 9.17) is 0 Å². The number of nitrogens with one attached hydrogen (secondary N) is 2. The molecule has 0 fully saturated rings. The van der Waals surface area contributed by atoms with Crippen molar-refractivity contribution in [2.75, 3.05) is 5.32 Å². The smallest absolute Gasteiger partial charge is 0.0671 e. The molecular formula is C15H14BrN3. The summed E-state index contributed by atoms with van der Waals surface area (Å²) < 4.78 is 1.10. The van der Waals surface area contributed by atoms with Gasteiger partial charge in [0.1, 0.15) is 0 Å². The number of hydrogen-bond acceptors (Lipinski definition) is 2. The molecule has 0 bridgehead atoms. The molecule has 1 atom stereocenters. The molecule has 1 aromatic heterocycles. The Kier molecular flexibility index (Phi) is 3.25. The number of hydrogen-bond donors (Lipinski definition) is 2. The molecule has 0 radical (unpaired) electrons. The number of anilines is 1. The standard InChI is InChI=1S/C15H14BrN3/c1-10(11-4-2-5-12(16)8-11)18-14-6-3-7-15-13(14)9-17-19-15/h2-10,18H,1H3,(H,17,19). The summed E-state index contributed by atoms with van der Waals surface area (Å²) in [7, 11) is 0. The van der Waals surface area contributed by atoms with Crippen molar-refractivity contribution < 1.29 is 0 Å². The average Bonchev–Trinajstić information content (AvgIpc) is 2.88. The third-order valence-electron chi connectivity index (χ3n) is 3.21. The summed E-state index contributed by atoms with van der Waals surface area (Å²) in [4.78, 5) is 0. The Balaban J connectivity index is 1.90. The number of nitrogens with zero attached hydrogens (tertiary/aromatic N) is 1. The summed E-state index contributed by atoms with van der Waals surface area (Å²) in [6, 6.07) is 14.7. The predicted molar refractivity (Wildman–Crippen MR) is 82.3 cm³/mol. The first-order valence-corrected chi connectivity index (χ1v) is 6.97. The van der Waals surface area contributed by atoms with Crippen LogP contribution in [0.2, 0.25) is 0 Å². The summed E-state index contributed by atoms with van der Waals surface area (Å²) in [5.41, 5.74) is 3.39. The van der Waals surface area contributed by atoms with Crippen LogP contribution in [0.5, 0.6) is 0 Å². The van der Waals surface area contributed by atoms with E-state index in [2.05, 4.69) is 62.6 Å². The Bertz CT molecular complexity index is 705. The van der Waals surface area contributed by atoms with Crippen molar-refractivity contribution in [2.45, 2.75) is 13.0 Å². The van der Waals surface area contributed by atoms with Crippen molar-refractivity contribution in [1.29, 1.82) is 0 Å². The number of rotatable bonds is 3. The largest absolute Gasteiger partial charge is 0.378 e. The monoisotopic (exact) mass is 315 g/mol. The second kappa shape index (κ2) is 5.05. The normalized spacial score (nSPS) is 12.5. The van der Waals surface area contributed by atoms with Crippen molar-refractivity contribution >= 4 is 32.5 Å². The maximum absolute atomic E-state index is 4.08. The Morgan fingerprint density at radius 2 is 2.05 bits per heavy atom. The second-order valence-corrected chi connectivity index (χ2v) is 5.47. The first-order chi connectivity index (χ1) is 9.24. The van der Waals surface area contributed by atoms with E-state index < -0.39 is 0 Å². The number of benzene rings is 2. The zero-order valence-electron chi connectivity index (χ0n) is 10.5. The summed E-state index contributed by atoms with van der Waals surface area (Å²) in [5.74, 6) is 0. The van der Waals surface area contributed by atoms with Crippen molar-refractivity contribution in [3.8, 4) is 0 Å². The average molecular weight is 316 g/mol. The minimum atomic E-state index is 0.234. The molecule has 1 unspecified atom stereocenters. The van der Waals surface area contributed by atoms with Gasteiger partial charge in [-0.3, -0.25) is 5.10 Å². The molecule has 3 nitrogen and oxygen atoms in total. The van der Waals surface area contributed by atoms with E-state index in [1.807, 2.05) is 24.4 Å². The number of fused-ring (bicyclic) bond motifs is 1. The fraction of sp³-hybridized carbons (Fsp3) is 0.133. The molecule has 0 saturated carbocycles. The van der Waals surface area contributed by atoms with Crippen LogP contribution >= 0.6 is 15.9 Å². The van der Waals surface area contributed by atoms with Gasteiger partial charge in [0.15, 0.2) is 0 Å². The molecule has 3 aromatic rings. The van der Waals surface area contributed by atoms with Crippen LogP contribution in [0, 0.1) is 0 Å². The molecular weight excluding hydrogens is 302 g/mol. The Labute approximate surface area is 120 Å². The molecule has 0 aliphatic carbocycles. The van der Waals surface area contributed by atoms with Gasteiger partial charge in [-0.15, -0.1) is 0 Å². The minimum absolute atomic E-state index is 0.234. The molecule has 0 saturated heterocycles. The lowest BCUT2D eigenvalue weighted by molar-refractivity contribution is 0.886. The van der Waals surface area contributed by atoms with E-state index >= 15 is 0 Å². The quantitative estimate of drug-likeness (QED) is 0.747. The van der Waals surface area contributed by atoms with Crippen LogP contribution in [0.25, 0.3) is 10.9 Å². The fourth-order valence-electron chi connectivity index (χ4n) is 2.19. The van der Waals surface area contributed by atoms with E-state index in [1.54, 1.807) is 0 Å². The van der Waals surface area contributed by atoms with Gasteiger partial charge in [-0.05, 0) is 36.8 Å². The summed E-state index contributed by atoms with van der Waals surface area (Å²) in [6.45, 7) is 2.15. The van der Waals surface area contributed by atoms with Gasteiger partial charge in [0.2, 0.25) is 0 Å². The van der Waals surface area contributed by atoms with Gasteiger partial charge in [0.25, 0.3) is 0 Å². The zero-order chi connectivity index (χ0) is 13.2. The maximum Gasteiger partial charge on any atom is 0.0671 e. The van der Waals surface area contributed by atoms with E-state index in [0.29, 0.717) is 0 Å². The van der Waals surface area contributed by atoms with Gasteiger partial charge in [-0.2, -0.15) is 5.10 Å². The topological polar surface area (TPSA) is 40.7 Å². The first kappa shape index (κ1) is 12.2. The molecule has 2 aromatic carbocycles. The lowest BCUT2D eigenvalue weighted by Gasteiger charge is -2.16. The van der Waals surface area contributed by atoms with Crippen molar-refractivity contribution in [1.82, 2.24) is 10.2 Å². The van der Waals surface area contributed by atoms with Gasteiger partial charge in [-0.25, -0.2) is 0 Å². The van der Waals surface area contributed by atoms with Crippen LogP contribution in [-0.2, 0) is 0 Å². The fourth-order valence-corrected chi connectivity index (χ4v) is 2.60. The molecule has 0 aliphatic heterocycles. The van der Waals surface area contributed by atoms with Crippen LogP contribution < -0.4 is 5.32 Å². The van der Waals surface area contributed by atoms with Gasteiger partial charge in [-0.1, -0.05) is 34.1 Å². The van der Waals surface area contributed by atoms with Gasteiger partial charge >= 0.3 is 0 Å². The highest BCUT2D eigenvalue weighted by Crippen LogP contribution is 2.26. The summed E-state index contributed by atoms with van der Waals surface area (Å²) in [5, 5.41) is 11.7. The van der Waals surface area contributed by atoms with E-state index in [0.717, 1.165) is 21.1 Å². The van der Waals surface area contributed by atoms with Crippen molar-refractivity contribution in [3.05, 3.63) is 58.7 Å². The van der Waals surface area contributed by atoms with Crippen LogP contribution in [0.3, 0.4) is 0 Å². The van der Waals surface area contributed by atoms with Crippen LogP contribution in [-0.4, -0.2) is 10.2 Å². The summed E-state index contributed by atoms with van der Waals surface area (Å²) >= 11 is 3.51. The highest BCUT2D eigenvalue weighted by Gasteiger charge is 2.08. The summed E-state index contributed by atoms with van der Waals surface area (Å²) in [6.07, 6.45) is 1.85. The number of H-pyrrole nitrogens is 1. The Morgan fingerprint density at radius 3 is 2.89 bits per heavy atom. The highest BCUT2D eigenvalue weighted by molar-refractivity contribution is 9.10. The molecule has 1 heterocycles. The first-order valence-electron chi connectivity index (χ1n) is 6.18. The molecule has 19 heavy (non-hydrogen) atoms. The van der Waals surface area contributed by atoms with E-state index in [1.165, 1.54) is 5.56 Å². The Morgan fingerprint density at radius 1 is 1.21 bits per heavy atom. The molecule has 4 heteroatoms. The minimum Gasteiger partial charge on any atom is -0.378 e. The molecule has 2 N–H and O–H groups in total. The lowest BCUT2D eigenvalue weighted by Crippen LogP contribution is -2.06. The Hall–Kier alpha value is -1.81. The zero-order valence-corrected chi connectivity index (χ0v) is 12.1. The molecule has 0 spiro atoms. The number of halogens is 1. The molecule has 0 aliphatic rings. The van der Waals surface area contributed by atoms with Gasteiger partial charge in [0.05, 0.1) is 11.7 Å². The lowest BCUT2D eigenvalue weighted by atomic mass is 10.1. The second-order valence-electron chi connectivity index (χ2n) is 4.56. The number of aromatic nitrogens is 2. The SMILES string of the molecule is CC(Nc1cccc2[nH]ncc12)c1cccc(Br)c1. The van der Waals surface area contributed by atoms with Gasteiger partial charge in [0, 0.05) is 21.6 Å². The predicted octanol–water partition coefficient (Wildman–Crippen LogP) is 4.50. The molecule has 3 rings (SSSR count). The maximum atomic E-state index is 4.08. The third-order valence-corrected chi connectivity index (χ3v) is 3.70. The third kappa shape index (κ3) is 2.49. The van der Waals surface area contributed by atoms with E-state index in [-0.39, 0.29) is 6.04 Å². The highest BCUT2D eigenvalue weighted by atomic mass is 79.9. The van der Waals surface area contributed by atoms with E-state index in [9.17, 15) is 0 Å². The van der Waals surface area contributed by atoms with Crippen molar-refractivity contribution in [2.24, 2.45) is 0 Å². The molecule has 96 valence electrons. The van der Waals surface area contributed by atoms with Crippen LogP contribution in [0.15, 0.2) is 53.1 Å². The molecule has 0 amide bonds. The number of aromatic amines is 1. The van der Waals surface area contributed by atoms with Gasteiger partial charge < -0.3 is 5.32 Å².